The summed E-state index contributed by atoms with van der Waals surface area (Å²) in [5.41, 5.74) is 1.67. The second-order valence-corrected chi connectivity index (χ2v) is 9.26. The summed E-state index contributed by atoms with van der Waals surface area (Å²) in [7, 11) is 0. The van der Waals surface area contributed by atoms with Gasteiger partial charge in [0.05, 0.1) is 0 Å². The van der Waals surface area contributed by atoms with E-state index in [2.05, 4.69) is 10.3 Å². The molecule has 8 nitrogen and oxygen atoms in total. The number of carbonyl (C=O) groups excluding carboxylic acids is 3. The summed E-state index contributed by atoms with van der Waals surface area (Å²) in [6.07, 6.45) is 6.60. The van der Waals surface area contributed by atoms with Crippen LogP contribution in [-0.4, -0.2) is 45.4 Å². The van der Waals surface area contributed by atoms with Gasteiger partial charge in [0, 0.05) is 30.0 Å². The van der Waals surface area contributed by atoms with Crippen LogP contribution in [-0.2, 0) is 14.4 Å². The maximum absolute atomic E-state index is 13.3. The van der Waals surface area contributed by atoms with E-state index in [1.165, 1.54) is 11.3 Å². The molecule has 1 aliphatic heterocycles. The number of nitrogens with one attached hydrogen (secondary N) is 2. The molecule has 1 aliphatic carbocycles. The van der Waals surface area contributed by atoms with Crippen molar-refractivity contribution < 1.29 is 19.6 Å². The minimum Gasteiger partial charge on any atom is -0.330 e. The van der Waals surface area contributed by atoms with Gasteiger partial charge in [0.15, 0.2) is 5.13 Å². The maximum Gasteiger partial charge on any atom is 0.248 e. The molecular formula is C19H28N4O4S. The van der Waals surface area contributed by atoms with Gasteiger partial charge in [-0.15, -0.1) is 11.3 Å². The van der Waals surface area contributed by atoms with Crippen LogP contribution in [0.1, 0.15) is 56.7 Å². The highest BCUT2D eigenvalue weighted by atomic mass is 32.1. The zero-order chi connectivity index (χ0) is 20.3. The van der Waals surface area contributed by atoms with Crippen LogP contribution in [0.5, 0.6) is 0 Å². The maximum atomic E-state index is 13.3. The van der Waals surface area contributed by atoms with Gasteiger partial charge in [-0.2, -0.15) is 0 Å². The van der Waals surface area contributed by atoms with E-state index in [1.54, 1.807) is 16.6 Å². The summed E-state index contributed by atoms with van der Waals surface area (Å²) in [5.74, 6) is -1.49. The molecule has 1 unspecified atom stereocenters. The smallest absolute Gasteiger partial charge is 0.248 e. The van der Waals surface area contributed by atoms with Crippen LogP contribution in [0.4, 0.5) is 5.13 Å². The van der Waals surface area contributed by atoms with Crippen molar-refractivity contribution in [2.75, 3.05) is 11.9 Å². The molecule has 1 aromatic heterocycles. The van der Waals surface area contributed by atoms with Gasteiger partial charge in [0.1, 0.15) is 6.04 Å². The molecule has 3 amide bonds. The Bertz CT molecular complexity index is 746. The molecule has 28 heavy (non-hydrogen) atoms. The van der Waals surface area contributed by atoms with Gasteiger partial charge >= 0.3 is 0 Å². The third-order valence-electron chi connectivity index (χ3n) is 5.71. The van der Waals surface area contributed by atoms with E-state index in [9.17, 15) is 14.4 Å². The van der Waals surface area contributed by atoms with Crippen LogP contribution in [0.3, 0.4) is 0 Å². The van der Waals surface area contributed by atoms with E-state index in [1.807, 2.05) is 13.8 Å². The van der Waals surface area contributed by atoms with Gasteiger partial charge in [-0.1, -0.05) is 19.8 Å². The zero-order valence-electron chi connectivity index (χ0n) is 16.4. The molecule has 9 heteroatoms. The van der Waals surface area contributed by atoms with E-state index in [-0.39, 0.29) is 23.7 Å². The number of aryl methyl sites for hydroxylation is 1. The first-order chi connectivity index (χ1) is 13.4. The Kier molecular flexibility index (Phi) is 6.34. The van der Waals surface area contributed by atoms with E-state index in [0.717, 1.165) is 30.6 Å². The summed E-state index contributed by atoms with van der Waals surface area (Å²) in [6.45, 7) is 4.50. The Morgan fingerprint density at radius 2 is 2.18 bits per heavy atom. The fourth-order valence-electron chi connectivity index (χ4n) is 3.93. The molecule has 3 N–H and O–H groups in total. The quantitative estimate of drug-likeness (QED) is 0.452. The lowest BCUT2D eigenvalue weighted by Crippen LogP contribution is -2.46. The summed E-state index contributed by atoms with van der Waals surface area (Å²) >= 11 is 1.40. The van der Waals surface area contributed by atoms with Gasteiger partial charge < -0.3 is 10.2 Å². The monoisotopic (exact) mass is 408 g/mol. The number of carbonyl (C=O) groups is 3. The van der Waals surface area contributed by atoms with Crippen molar-refractivity contribution in [3.63, 3.8) is 0 Å². The van der Waals surface area contributed by atoms with Crippen molar-refractivity contribution >= 4 is 34.2 Å². The first-order valence-corrected chi connectivity index (χ1v) is 10.7. The van der Waals surface area contributed by atoms with Gasteiger partial charge in [-0.05, 0) is 38.0 Å². The highest BCUT2D eigenvalue weighted by Crippen LogP contribution is 2.55. The average Bonchev–Trinajstić information content (AvgIpc) is 3.12. The third kappa shape index (κ3) is 4.70. The Morgan fingerprint density at radius 1 is 1.43 bits per heavy atom. The average molecular weight is 409 g/mol. The number of nitrogens with zero attached hydrogens (tertiary/aromatic N) is 2. The molecule has 1 spiro atoms. The second-order valence-electron chi connectivity index (χ2n) is 8.03. The predicted octanol–water partition coefficient (Wildman–Crippen LogP) is 2.47. The lowest BCUT2D eigenvalue weighted by atomic mass is 9.96. The van der Waals surface area contributed by atoms with Crippen molar-refractivity contribution in [3.8, 4) is 0 Å². The molecule has 2 heterocycles. The summed E-state index contributed by atoms with van der Waals surface area (Å²) < 4.78 is 0. The lowest BCUT2D eigenvalue weighted by molar-refractivity contribution is -0.143. The van der Waals surface area contributed by atoms with Gasteiger partial charge in [-0.3, -0.25) is 19.6 Å². The topological polar surface area (TPSA) is 112 Å². The number of thiazole rings is 1. The van der Waals surface area contributed by atoms with Crippen molar-refractivity contribution in [3.05, 3.63) is 11.1 Å². The fraction of sp³-hybridized carbons (Fsp3) is 0.684. The predicted molar refractivity (Wildman–Crippen MR) is 105 cm³/mol. The standard InChI is InChI=1S/C19H28N4O4S/c1-3-4-5-13(8-15(24)22-27)17(26)23-11-19(6-7-19)9-14(23)16(25)21-18-20-10-12(2)28-18/h10,13-14,27H,3-9,11H2,1-2H3,(H,22,24)(H,20,21,25)/t13?,14-/m0/s1. The first-order valence-electron chi connectivity index (χ1n) is 9.84. The minimum absolute atomic E-state index is 0.0466. The molecule has 154 valence electrons. The highest BCUT2D eigenvalue weighted by molar-refractivity contribution is 7.15. The Hall–Kier alpha value is -2.00. The summed E-state index contributed by atoms with van der Waals surface area (Å²) in [4.78, 5) is 44.7. The van der Waals surface area contributed by atoms with E-state index in [4.69, 9.17) is 5.21 Å². The molecule has 1 saturated heterocycles. The number of anilines is 1. The molecule has 0 bridgehead atoms. The first kappa shape index (κ1) is 20.7. The Morgan fingerprint density at radius 3 is 2.75 bits per heavy atom. The zero-order valence-corrected chi connectivity index (χ0v) is 17.2. The molecule has 0 aromatic carbocycles. The third-order valence-corrected chi connectivity index (χ3v) is 6.54. The minimum atomic E-state index is -0.575. The van der Waals surface area contributed by atoms with Crippen LogP contribution in [0.15, 0.2) is 6.20 Å². The summed E-state index contributed by atoms with van der Waals surface area (Å²) in [5, 5.41) is 12.2. The van der Waals surface area contributed by atoms with Gasteiger partial charge in [0.2, 0.25) is 17.7 Å². The van der Waals surface area contributed by atoms with Gasteiger partial charge in [0.25, 0.3) is 0 Å². The van der Waals surface area contributed by atoms with Crippen molar-refractivity contribution in [2.45, 2.75) is 64.8 Å². The van der Waals surface area contributed by atoms with Gasteiger partial charge in [-0.25, -0.2) is 10.5 Å². The van der Waals surface area contributed by atoms with Crippen LogP contribution in [0.25, 0.3) is 0 Å². The largest absolute Gasteiger partial charge is 0.330 e. The molecular weight excluding hydrogens is 380 g/mol. The molecule has 2 atom stereocenters. The molecule has 3 rings (SSSR count). The van der Waals surface area contributed by atoms with Crippen molar-refractivity contribution in [2.24, 2.45) is 11.3 Å². The number of rotatable bonds is 8. The number of amides is 3. The number of hydrogen-bond acceptors (Lipinski definition) is 6. The number of likely N-dealkylation sites (tertiary alicyclic amines) is 1. The normalized spacial score (nSPS) is 20.8. The molecule has 1 saturated carbocycles. The molecule has 2 fully saturated rings. The van der Waals surface area contributed by atoms with E-state index >= 15 is 0 Å². The number of aromatic nitrogens is 1. The van der Waals surface area contributed by atoms with E-state index in [0.29, 0.717) is 24.5 Å². The second kappa shape index (κ2) is 8.57. The highest BCUT2D eigenvalue weighted by Gasteiger charge is 2.55. The molecule has 0 radical (unpaired) electrons. The molecule has 1 aromatic rings. The number of hydroxylamine groups is 1. The lowest BCUT2D eigenvalue weighted by Gasteiger charge is -2.28. The summed E-state index contributed by atoms with van der Waals surface area (Å²) in [6, 6.07) is -0.541. The Balaban J connectivity index is 1.74. The molecule has 2 aliphatic rings. The van der Waals surface area contributed by atoms with Crippen LogP contribution >= 0.6 is 11.3 Å². The number of hydrogen-bond donors (Lipinski definition) is 3. The number of unbranched alkanes of at least 4 members (excludes halogenated alkanes) is 1. The van der Waals surface area contributed by atoms with Crippen molar-refractivity contribution in [1.82, 2.24) is 15.4 Å². The van der Waals surface area contributed by atoms with Crippen molar-refractivity contribution in [1.29, 1.82) is 0 Å². The van der Waals surface area contributed by atoms with E-state index < -0.39 is 17.9 Å². The van der Waals surface area contributed by atoms with Crippen LogP contribution < -0.4 is 10.8 Å². The Labute approximate surface area is 168 Å². The van der Waals surface area contributed by atoms with Crippen LogP contribution in [0.2, 0.25) is 0 Å². The fourth-order valence-corrected chi connectivity index (χ4v) is 4.60. The van der Waals surface area contributed by atoms with Crippen LogP contribution in [0, 0.1) is 18.3 Å². The SMILES string of the molecule is CCCCC(CC(=O)NO)C(=O)N1CC2(CC2)C[C@H]1C(=O)Nc1ncc(C)s1.